The maximum atomic E-state index is 15.9. The van der Waals surface area contributed by atoms with Gasteiger partial charge in [-0.25, -0.2) is 8.96 Å². The smallest absolute Gasteiger partial charge is 0.206 e. The van der Waals surface area contributed by atoms with Crippen LogP contribution in [0.3, 0.4) is 0 Å². The topological polar surface area (TPSA) is 3.88 Å². The van der Waals surface area contributed by atoms with Gasteiger partial charge in [0.2, 0.25) is 5.69 Å². The van der Waals surface area contributed by atoms with Gasteiger partial charge in [0.15, 0.2) is 6.20 Å². The van der Waals surface area contributed by atoms with E-state index in [0.717, 1.165) is 27.9 Å². The molecule has 5 aromatic rings. The molecule has 0 amide bonds. The number of nitrogens with zero attached hydrogens (tertiary/aromatic N) is 1. The van der Waals surface area contributed by atoms with E-state index in [1.54, 1.807) is 0 Å². The third kappa shape index (κ3) is 4.42. The third-order valence-corrected chi connectivity index (χ3v) is 11.4. The molecule has 0 N–H and O–H groups in total. The number of hydrogen-bond acceptors (Lipinski definition) is 0. The number of hydrogen-bond donors (Lipinski definition) is 0. The number of halogens is 1. The van der Waals surface area contributed by atoms with Crippen LogP contribution in [-0.2, 0) is 7.05 Å². The SMILES string of the molecule is Cc1c(-c2c3ccc([Si](C)(C)c4ccccc4)cc3cc[n+]2C)cc(-c2ccccc2)c(F)c1C(C)C. The fourth-order valence-electron chi connectivity index (χ4n) is 5.65. The fraction of sp³-hybridized carbons (Fsp3) is 0.206. The molecule has 4 aromatic carbocycles. The Morgan fingerprint density at radius 3 is 2.05 bits per heavy atom. The van der Waals surface area contributed by atoms with Crippen molar-refractivity contribution in [3.05, 3.63) is 114 Å². The molecule has 0 unspecified atom stereocenters. The Bertz CT molecular complexity index is 1590. The summed E-state index contributed by atoms with van der Waals surface area (Å²) in [5, 5.41) is 5.25. The van der Waals surface area contributed by atoms with Crippen LogP contribution < -0.4 is 14.9 Å². The van der Waals surface area contributed by atoms with E-state index < -0.39 is 8.07 Å². The summed E-state index contributed by atoms with van der Waals surface area (Å²) in [7, 11) is 0.254. The highest BCUT2D eigenvalue weighted by Crippen LogP contribution is 2.38. The number of aryl methyl sites for hydroxylation is 1. The average Bonchev–Trinajstić information content (AvgIpc) is 2.90. The maximum absolute atomic E-state index is 15.9. The van der Waals surface area contributed by atoms with Crippen LogP contribution in [0.25, 0.3) is 33.2 Å². The summed E-state index contributed by atoms with van der Waals surface area (Å²) < 4.78 is 18.1. The molecule has 186 valence electrons. The van der Waals surface area contributed by atoms with Crippen LogP contribution >= 0.6 is 0 Å². The van der Waals surface area contributed by atoms with Crippen molar-refractivity contribution in [1.82, 2.24) is 0 Å². The van der Waals surface area contributed by atoms with E-state index in [9.17, 15) is 0 Å². The van der Waals surface area contributed by atoms with Gasteiger partial charge in [-0.3, -0.25) is 0 Å². The highest BCUT2D eigenvalue weighted by Gasteiger charge is 2.28. The van der Waals surface area contributed by atoms with E-state index in [0.29, 0.717) is 5.56 Å². The molecule has 37 heavy (non-hydrogen) atoms. The predicted octanol–water partition coefficient (Wildman–Crippen LogP) is 7.39. The van der Waals surface area contributed by atoms with Gasteiger partial charge >= 0.3 is 0 Å². The Labute approximate surface area is 221 Å². The minimum absolute atomic E-state index is 0.0759. The molecule has 5 rings (SSSR count). The summed E-state index contributed by atoms with van der Waals surface area (Å²) in [4.78, 5) is 0. The summed E-state index contributed by atoms with van der Waals surface area (Å²) in [6.07, 6.45) is 2.14. The zero-order valence-electron chi connectivity index (χ0n) is 22.6. The highest BCUT2D eigenvalue weighted by molar-refractivity contribution is 7.00. The van der Waals surface area contributed by atoms with Gasteiger partial charge in [0.1, 0.15) is 20.9 Å². The Morgan fingerprint density at radius 2 is 1.41 bits per heavy atom. The Morgan fingerprint density at radius 1 is 0.757 bits per heavy atom. The molecular formula is C34H35FNSi+. The molecule has 0 atom stereocenters. The predicted molar refractivity (Wildman–Crippen MR) is 158 cm³/mol. The monoisotopic (exact) mass is 504 g/mol. The van der Waals surface area contributed by atoms with Gasteiger partial charge in [0.05, 0.1) is 10.9 Å². The standard InChI is InChI=1S/C34H35FNSi/c1-23(2)32-24(3)30(22-31(33(32)35)25-13-9-7-10-14-25)34-29-18-17-28(21-26(29)19-20-36(34)4)37(5,6)27-15-11-8-12-16-27/h7-23H,1-6H3/q+1. The lowest BCUT2D eigenvalue weighted by atomic mass is 9.86. The van der Waals surface area contributed by atoms with Gasteiger partial charge in [-0.15, -0.1) is 0 Å². The zero-order chi connectivity index (χ0) is 26.3. The Hall–Kier alpha value is -3.56. The second-order valence-corrected chi connectivity index (χ2v) is 15.3. The number of rotatable bonds is 5. The van der Waals surface area contributed by atoms with Crippen molar-refractivity contribution < 1.29 is 8.96 Å². The van der Waals surface area contributed by atoms with Gasteiger partial charge in [0.25, 0.3) is 0 Å². The molecule has 0 aliphatic carbocycles. The second-order valence-electron chi connectivity index (χ2n) is 10.9. The summed E-state index contributed by atoms with van der Waals surface area (Å²) in [6.45, 7) is 11.1. The molecule has 1 heterocycles. The molecule has 1 nitrogen and oxygen atoms in total. The summed E-state index contributed by atoms with van der Waals surface area (Å²) >= 11 is 0. The van der Waals surface area contributed by atoms with Gasteiger partial charge < -0.3 is 0 Å². The molecule has 0 radical (unpaired) electrons. The highest BCUT2D eigenvalue weighted by atomic mass is 28.3. The van der Waals surface area contributed by atoms with E-state index in [1.165, 1.54) is 21.1 Å². The van der Waals surface area contributed by atoms with E-state index in [-0.39, 0.29) is 11.7 Å². The van der Waals surface area contributed by atoms with Crippen molar-refractivity contribution in [3.63, 3.8) is 0 Å². The van der Waals surface area contributed by atoms with Gasteiger partial charge in [-0.2, -0.15) is 0 Å². The van der Waals surface area contributed by atoms with E-state index in [4.69, 9.17) is 0 Å². The largest absolute Gasteiger partial charge is 0.220 e. The maximum Gasteiger partial charge on any atom is 0.220 e. The number of aromatic nitrogens is 1. The van der Waals surface area contributed by atoms with Crippen LogP contribution in [0.15, 0.2) is 97.2 Å². The second kappa shape index (κ2) is 9.72. The minimum atomic E-state index is -1.83. The fourth-order valence-corrected chi connectivity index (χ4v) is 8.02. The normalized spacial score (nSPS) is 11.9. The van der Waals surface area contributed by atoms with Crippen LogP contribution in [0, 0.1) is 12.7 Å². The van der Waals surface area contributed by atoms with Crippen LogP contribution in [0.4, 0.5) is 4.39 Å². The number of fused-ring (bicyclic) bond motifs is 1. The Kier molecular flexibility index (Phi) is 6.59. The molecule has 3 heteroatoms. The molecule has 0 aliphatic heterocycles. The molecule has 0 aliphatic rings. The lowest BCUT2D eigenvalue weighted by molar-refractivity contribution is -0.659. The van der Waals surface area contributed by atoms with Crippen molar-refractivity contribution in [1.29, 1.82) is 0 Å². The number of benzene rings is 4. The van der Waals surface area contributed by atoms with E-state index in [1.807, 2.05) is 30.3 Å². The molecule has 1 aromatic heterocycles. The first-order chi connectivity index (χ1) is 17.7. The molecule has 0 bridgehead atoms. The zero-order valence-corrected chi connectivity index (χ0v) is 23.6. The molecule has 0 fully saturated rings. The van der Waals surface area contributed by atoms with Crippen molar-refractivity contribution in [2.45, 2.75) is 39.8 Å². The first-order valence-corrected chi connectivity index (χ1v) is 16.1. The van der Waals surface area contributed by atoms with Crippen molar-refractivity contribution in [2.75, 3.05) is 0 Å². The molecule has 0 saturated heterocycles. The Balaban J connectivity index is 1.76. The van der Waals surface area contributed by atoms with Crippen molar-refractivity contribution >= 4 is 29.2 Å². The van der Waals surface area contributed by atoms with E-state index in [2.05, 4.69) is 112 Å². The van der Waals surface area contributed by atoms with Gasteiger partial charge in [0, 0.05) is 11.6 Å². The van der Waals surface area contributed by atoms with Crippen molar-refractivity contribution in [2.24, 2.45) is 7.05 Å². The molecular weight excluding hydrogens is 469 g/mol. The molecule has 0 spiro atoms. The summed E-state index contributed by atoms with van der Waals surface area (Å²) in [6, 6.07) is 32.0. The first-order valence-electron chi connectivity index (χ1n) is 13.1. The van der Waals surface area contributed by atoms with Crippen LogP contribution in [0.2, 0.25) is 13.1 Å². The first kappa shape index (κ1) is 25.1. The lowest BCUT2D eigenvalue weighted by Gasteiger charge is -2.24. The molecule has 0 saturated carbocycles. The summed E-state index contributed by atoms with van der Waals surface area (Å²) in [5.41, 5.74) is 5.59. The average molecular weight is 505 g/mol. The van der Waals surface area contributed by atoms with E-state index >= 15 is 4.39 Å². The van der Waals surface area contributed by atoms with Crippen LogP contribution in [0.5, 0.6) is 0 Å². The minimum Gasteiger partial charge on any atom is -0.206 e. The van der Waals surface area contributed by atoms with Crippen molar-refractivity contribution in [3.8, 4) is 22.4 Å². The van der Waals surface area contributed by atoms with Crippen LogP contribution in [0.1, 0.15) is 30.9 Å². The third-order valence-electron chi connectivity index (χ3n) is 7.84. The quantitative estimate of drug-likeness (QED) is 0.173. The van der Waals surface area contributed by atoms with Gasteiger partial charge in [-0.05, 0) is 47.1 Å². The lowest BCUT2D eigenvalue weighted by Crippen LogP contribution is -2.52. The van der Waals surface area contributed by atoms with Gasteiger partial charge in [-0.1, -0.05) is 110 Å². The van der Waals surface area contributed by atoms with Crippen LogP contribution in [-0.4, -0.2) is 8.07 Å². The summed E-state index contributed by atoms with van der Waals surface area (Å²) in [5.74, 6) is -0.0322. The number of pyridine rings is 1.